The van der Waals surface area contributed by atoms with E-state index in [0.29, 0.717) is 17.4 Å². The smallest absolute Gasteiger partial charge is 0.274 e. The van der Waals surface area contributed by atoms with Crippen LogP contribution in [0.1, 0.15) is 23.3 Å². The number of likely N-dealkylation sites (tertiary alicyclic amines) is 1. The number of amides is 1. The molecule has 0 unspecified atom stereocenters. The van der Waals surface area contributed by atoms with Crippen molar-refractivity contribution in [1.29, 1.82) is 0 Å². The molecule has 152 valence electrons. The number of carbonyl (C=O) groups excluding carboxylic acids is 1. The Morgan fingerprint density at radius 2 is 1.97 bits per heavy atom. The predicted octanol–water partition coefficient (Wildman–Crippen LogP) is 1.94. The van der Waals surface area contributed by atoms with Gasteiger partial charge in [-0.15, -0.1) is 10.2 Å². The molecular weight excluding hydrogens is 384 g/mol. The van der Waals surface area contributed by atoms with E-state index in [0.717, 1.165) is 5.56 Å². The van der Waals surface area contributed by atoms with Crippen molar-refractivity contribution in [2.45, 2.75) is 18.8 Å². The topological polar surface area (TPSA) is 91.0 Å². The monoisotopic (exact) mass is 403 g/mol. The SMILES string of the molecule is COc1ccc(-n2nc(C(=O)N3CCC(F)(F)CC3)cc2-c2cnn(C)c2)nn1. The fraction of sp³-hybridized carbons (Fsp3) is 0.389. The molecule has 1 amide bonds. The van der Waals surface area contributed by atoms with Gasteiger partial charge >= 0.3 is 0 Å². The number of rotatable bonds is 4. The molecule has 1 saturated heterocycles. The summed E-state index contributed by atoms with van der Waals surface area (Å²) < 4.78 is 35.0. The van der Waals surface area contributed by atoms with E-state index in [1.807, 2.05) is 0 Å². The van der Waals surface area contributed by atoms with E-state index in [9.17, 15) is 13.6 Å². The molecule has 1 aliphatic heterocycles. The predicted molar refractivity (Wildman–Crippen MR) is 98.0 cm³/mol. The zero-order chi connectivity index (χ0) is 20.6. The second-order valence-electron chi connectivity index (χ2n) is 6.81. The van der Waals surface area contributed by atoms with Crippen LogP contribution in [-0.4, -0.2) is 66.7 Å². The van der Waals surface area contributed by atoms with Crippen LogP contribution in [0.2, 0.25) is 0 Å². The lowest BCUT2D eigenvalue weighted by molar-refractivity contribution is -0.0495. The van der Waals surface area contributed by atoms with Crippen LogP contribution in [0.3, 0.4) is 0 Å². The maximum absolute atomic E-state index is 13.4. The molecule has 11 heteroatoms. The third-order valence-corrected chi connectivity index (χ3v) is 4.76. The molecule has 0 spiro atoms. The number of carbonyl (C=O) groups is 1. The highest BCUT2D eigenvalue weighted by molar-refractivity contribution is 5.93. The standard InChI is InChI=1S/C18H19F2N7O2/c1-25-11-12(10-21-25)14-9-13(17(28)26-7-5-18(19,20)6-8-26)24-27(14)15-3-4-16(29-2)23-22-15/h3-4,9-11H,5-8H2,1-2H3. The van der Waals surface area contributed by atoms with E-state index in [-0.39, 0.29) is 31.6 Å². The van der Waals surface area contributed by atoms with Crippen molar-refractivity contribution in [3.8, 4) is 23.0 Å². The van der Waals surface area contributed by atoms with Crippen molar-refractivity contribution in [2.24, 2.45) is 7.05 Å². The minimum atomic E-state index is -2.73. The molecule has 0 atom stereocenters. The Bertz CT molecular complexity index is 1020. The van der Waals surface area contributed by atoms with Gasteiger partial charge < -0.3 is 9.64 Å². The minimum absolute atomic E-state index is 0.0107. The molecule has 0 radical (unpaired) electrons. The van der Waals surface area contributed by atoms with Gasteiger partial charge in [-0.1, -0.05) is 0 Å². The summed E-state index contributed by atoms with van der Waals surface area (Å²) in [5, 5.41) is 16.6. The average molecular weight is 403 g/mol. The normalized spacial score (nSPS) is 16.1. The summed E-state index contributed by atoms with van der Waals surface area (Å²) in [5.41, 5.74) is 1.46. The van der Waals surface area contributed by atoms with Crippen LogP contribution in [0.4, 0.5) is 8.78 Å². The molecule has 1 fully saturated rings. The molecule has 4 rings (SSSR count). The number of halogens is 2. The minimum Gasteiger partial charge on any atom is -0.480 e. The van der Waals surface area contributed by atoms with E-state index in [2.05, 4.69) is 20.4 Å². The summed E-state index contributed by atoms with van der Waals surface area (Å²) in [6.07, 6.45) is 2.72. The van der Waals surface area contributed by atoms with Crippen molar-refractivity contribution in [1.82, 2.24) is 34.7 Å². The van der Waals surface area contributed by atoms with Crippen LogP contribution < -0.4 is 4.74 Å². The maximum Gasteiger partial charge on any atom is 0.274 e. The van der Waals surface area contributed by atoms with Gasteiger partial charge in [0, 0.05) is 50.8 Å². The first-order valence-electron chi connectivity index (χ1n) is 9.00. The highest BCUT2D eigenvalue weighted by atomic mass is 19.3. The second kappa shape index (κ2) is 7.22. The second-order valence-corrected chi connectivity index (χ2v) is 6.81. The van der Waals surface area contributed by atoms with Crippen LogP contribution in [0.5, 0.6) is 5.88 Å². The third kappa shape index (κ3) is 3.80. The summed E-state index contributed by atoms with van der Waals surface area (Å²) in [4.78, 5) is 14.3. The van der Waals surface area contributed by atoms with Gasteiger partial charge in [-0.3, -0.25) is 9.48 Å². The number of hydrogen-bond donors (Lipinski definition) is 0. The van der Waals surface area contributed by atoms with E-state index in [1.165, 1.54) is 16.7 Å². The lowest BCUT2D eigenvalue weighted by Gasteiger charge is -2.31. The average Bonchev–Trinajstić information content (AvgIpc) is 3.34. The number of hydrogen-bond acceptors (Lipinski definition) is 6. The van der Waals surface area contributed by atoms with Gasteiger partial charge in [-0.25, -0.2) is 13.5 Å². The van der Waals surface area contributed by atoms with Crippen LogP contribution in [0.25, 0.3) is 17.1 Å². The number of ether oxygens (including phenoxy) is 1. The first-order valence-corrected chi connectivity index (χ1v) is 9.00. The Labute approximate surface area is 164 Å². The molecule has 0 bridgehead atoms. The maximum atomic E-state index is 13.4. The molecule has 0 saturated carbocycles. The Hall–Kier alpha value is -3.37. The first-order chi connectivity index (χ1) is 13.9. The van der Waals surface area contributed by atoms with Crippen molar-refractivity contribution in [2.75, 3.05) is 20.2 Å². The highest BCUT2D eigenvalue weighted by Crippen LogP contribution is 2.29. The fourth-order valence-corrected chi connectivity index (χ4v) is 3.15. The molecule has 1 aliphatic rings. The van der Waals surface area contributed by atoms with Crippen molar-refractivity contribution in [3.05, 3.63) is 36.3 Å². The molecular formula is C18H19F2N7O2. The molecule has 29 heavy (non-hydrogen) atoms. The summed E-state index contributed by atoms with van der Waals surface area (Å²) in [7, 11) is 3.26. The fourth-order valence-electron chi connectivity index (χ4n) is 3.15. The van der Waals surface area contributed by atoms with Crippen molar-refractivity contribution in [3.63, 3.8) is 0 Å². The molecule has 3 aromatic heterocycles. The number of nitrogens with zero attached hydrogens (tertiary/aromatic N) is 7. The molecule has 0 aromatic carbocycles. The van der Waals surface area contributed by atoms with Gasteiger partial charge in [0.2, 0.25) is 5.88 Å². The number of aromatic nitrogens is 6. The highest BCUT2D eigenvalue weighted by Gasteiger charge is 2.36. The van der Waals surface area contributed by atoms with Gasteiger partial charge in [0.25, 0.3) is 11.8 Å². The lowest BCUT2D eigenvalue weighted by atomic mass is 10.1. The number of methoxy groups -OCH3 is 1. The molecule has 0 N–H and O–H groups in total. The Balaban J connectivity index is 1.70. The molecule has 0 aliphatic carbocycles. The van der Waals surface area contributed by atoms with Gasteiger partial charge in [0.05, 0.1) is 19.0 Å². The largest absolute Gasteiger partial charge is 0.480 e. The molecule has 3 aromatic rings. The van der Waals surface area contributed by atoms with Crippen LogP contribution in [-0.2, 0) is 7.05 Å². The zero-order valence-electron chi connectivity index (χ0n) is 15.9. The Morgan fingerprint density at radius 1 is 1.21 bits per heavy atom. The first kappa shape index (κ1) is 19.0. The number of piperidine rings is 1. The van der Waals surface area contributed by atoms with Crippen molar-refractivity contribution >= 4 is 5.91 Å². The van der Waals surface area contributed by atoms with Crippen LogP contribution in [0.15, 0.2) is 30.6 Å². The van der Waals surface area contributed by atoms with Gasteiger partial charge in [-0.05, 0) is 12.1 Å². The number of aryl methyl sites for hydroxylation is 1. The summed E-state index contributed by atoms with van der Waals surface area (Å²) >= 11 is 0. The molecule has 9 nitrogen and oxygen atoms in total. The van der Waals surface area contributed by atoms with Crippen LogP contribution >= 0.6 is 0 Å². The quantitative estimate of drug-likeness (QED) is 0.661. The summed E-state index contributed by atoms with van der Waals surface area (Å²) in [5.74, 6) is -2.40. The Morgan fingerprint density at radius 3 is 2.55 bits per heavy atom. The van der Waals surface area contributed by atoms with E-state index in [1.54, 1.807) is 42.3 Å². The number of alkyl halides is 2. The van der Waals surface area contributed by atoms with E-state index >= 15 is 0 Å². The summed E-state index contributed by atoms with van der Waals surface area (Å²) in [6, 6.07) is 4.90. The zero-order valence-corrected chi connectivity index (χ0v) is 15.9. The van der Waals surface area contributed by atoms with Crippen molar-refractivity contribution < 1.29 is 18.3 Å². The van der Waals surface area contributed by atoms with Gasteiger partial charge in [0.15, 0.2) is 11.5 Å². The Kier molecular flexibility index (Phi) is 4.73. The van der Waals surface area contributed by atoms with Gasteiger partial charge in [0.1, 0.15) is 0 Å². The molecule has 4 heterocycles. The van der Waals surface area contributed by atoms with Gasteiger partial charge in [-0.2, -0.15) is 10.2 Å². The van der Waals surface area contributed by atoms with E-state index in [4.69, 9.17) is 4.74 Å². The summed E-state index contributed by atoms with van der Waals surface area (Å²) in [6.45, 7) is -0.0213. The van der Waals surface area contributed by atoms with Crippen LogP contribution in [0, 0.1) is 0 Å². The van der Waals surface area contributed by atoms with E-state index < -0.39 is 11.8 Å². The lowest BCUT2D eigenvalue weighted by Crippen LogP contribution is -2.42. The third-order valence-electron chi connectivity index (χ3n) is 4.76.